The lowest BCUT2D eigenvalue weighted by atomic mass is 9.86. The van der Waals surface area contributed by atoms with Crippen LogP contribution in [0.1, 0.15) is 53.6 Å². The maximum absolute atomic E-state index is 11.8. The number of aryl methyl sites for hydroxylation is 1. The molecule has 1 aromatic rings. The predicted molar refractivity (Wildman–Crippen MR) is 94.4 cm³/mol. The van der Waals surface area contributed by atoms with Gasteiger partial charge in [-0.25, -0.2) is 9.79 Å². The summed E-state index contributed by atoms with van der Waals surface area (Å²) in [5.74, 6) is -0.889. The van der Waals surface area contributed by atoms with Crippen molar-refractivity contribution < 1.29 is 9.90 Å². The van der Waals surface area contributed by atoms with E-state index in [2.05, 4.69) is 9.98 Å². The standard InChI is InChI=1S/C17H20N6O2/c1-10-7-11(9-18)8-12(14(24)25)13(10)23-16(20)21-15(19)22-17(23)5-3-2-4-6-17/h7-8H,2-6H2,1H3,(H,24,25)(H4,19,20,21,22). The van der Waals surface area contributed by atoms with Crippen LogP contribution >= 0.6 is 0 Å². The number of nitrogens with zero attached hydrogens (tertiary/aromatic N) is 4. The summed E-state index contributed by atoms with van der Waals surface area (Å²) < 4.78 is 0. The van der Waals surface area contributed by atoms with Crippen molar-refractivity contribution in [3.05, 3.63) is 28.8 Å². The maximum Gasteiger partial charge on any atom is 0.337 e. The summed E-state index contributed by atoms with van der Waals surface area (Å²) in [5, 5.41) is 18.8. The van der Waals surface area contributed by atoms with Gasteiger partial charge in [-0.3, -0.25) is 4.90 Å². The van der Waals surface area contributed by atoms with Crippen molar-refractivity contribution in [1.82, 2.24) is 0 Å². The van der Waals surface area contributed by atoms with Crippen molar-refractivity contribution in [3.8, 4) is 6.07 Å². The van der Waals surface area contributed by atoms with E-state index in [9.17, 15) is 9.90 Å². The van der Waals surface area contributed by atoms with Crippen molar-refractivity contribution in [2.45, 2.75) is 44.7 Å². The molecule has 5 N–H and O–H groups in total. The summed E-state index contributed by atoms with van der Waals surface area (Å²) in [4.78, 5) is 22.2. The average molecular weight is 340 g/mol. The molecule has 8 heteroatoms. The van der Waals surface area contributed by atoms with Crippen LogP contribution in [-0.2, 0) is 0 Å². The van der Waals surface area contributed by atoms with Gasteiger partial charge in [-0.05, 0) is 50.3 Å². The number of guanidine groups is 2. The molecule has 0 amide bonds. The lowest BCUT2D eigenvalue weighted by Crippen LogP contribution is -2.58. The number of carboxylic acids is 1. The zero-order valence-electron chi connectivity index (χ0n) is 14.0. The Hall–Kier alpha value is -3.08. The van der Waals surface area contributed by atoms with E-state index in [1.54, 1.807) is 17.9 Å². The molecular formula is C17H20N6O2. The summed E-state index contributed by atoms with van der Waals surface area (Å²) in [6.45, 7) is 1.76. The van der Waals surface area contributed by atoms with E-state index >= 15 is 0 Å². The van der Waals surface area contributed by atoms with Crippen LogP contribution in [0.4, 0.5) is 5.69 Å². The van der Waals surface area contributed by atoms with Crippen LogP contribution in [0.5, 0.6) is 0 Å². The van der Waals surface area contributed by atoms with Gasteiger partial charge in [0, 0.05) is 0 Å². The molecule has 8 nitrogen and oxygen atoms in total. The SMILES string of the molecule is Cc1cc(C#N)cc(C(=O)O)c1N1C(N)=NC(N)=NC12CCCCC2. The van der Waals surface area contributed by atoms with Gasteiger partial charge in [0.25, 0.3) is 0 Å². The Morgan fingerprint density at radius 1 is 1.32 bits per heavy atom. The minimum Gasteiger partial charge on any atom is -0.478 e. The third-order valence-electron chi connectivity index (χ3n) is 4.74. The molecule has 0 bridgehead atoms. The molecule has 1 saturated carbocycles. The molecule has 0 unspecified atom stereocenters. The molecule has 1 aliphatic heterocycles. The molecule has 25 heavy (non-hydrogen) atoms. The monoisotopic (exact) mass is 340 g/mol. The normalized spacial score (nSPS) is 19.1. The smallest absolute Gasteiger partial charge is 0.337 e. The molecule has 0 saturated heterocycles. The number of carboxylic acid groups (broad SMARTS) is 1. The molecule has 0 atom stereocenters. The summed E-state index contributed by atoms with van der Waals surface area (Å²) >= 11 is 0. The number of aliphatic imine (C=N–C) groups is 2. The van der Waals surface area contributed by atoms with Crippen LogP contribution in [0.3, 0.4) is 0 Å². The minimum absolute atomic E-state index is 0.00956. The van der Waals surface area contributed by atoms with Crippen molar-refractivity contribution in [2.75, 3.05) is 4.90 Å². The molecule has 1 aliphatic carbocycles. The molecule has 1 fully saturated rings. The molecule has 2 aliphatic rings. The van der Waals surface area contributed by atoms with Gasteiger partial charge in [0.1, 0.15) is 5.66 Å². The highest BCUT2D eigenvalue weighted by Crippen LogP contribution is 2.42. The van der Waals surface area contributed by atoms with Crippen LogP contribution in [0.15, 0.2) is 22.1 Å². The van der Waals surface area contributed by atoms with E-state index in [-0.39, 0.29) is 23.0 Å². The Morgan fingerprint density at radius 3 is 2.60 bits per heavy atom. The highest BCUT2D eigenvalue weighted by molar-refractivity contribution is 6.09. The fraction of sp³-hybridized carbons (Fsp3) is 0.412. The largest absolute Gasteiger partial charge is 0.478 e. The van der Waals surface area contributed by atoms with Crippen LogP contribution in [0.2, 0.25) is 0 Å². The van der Waals surface area contributed by atoms with Crippen molar-refractivity contribution in [3.63, 3.8) is 0 Å². The van der Waals surface area contributed by atoms with Crippen molar-refractivity contribution in [1.29, 1.82) is 5.26 Å². The van der Waals surface area contributed by atoms with Gasteiger partial charge in [0.05, 0.1) is 22.9 Å². The summed E-state index contributed by atoms with van der Waals surface area (Å²) in [6.07, 6.45) is 4.39. The van der Waals surface area contributed by atoms with E-state index < -0.39 is 11.6 Å². The average Bonchev–Trinajstić information content (AvgIpc) is 2.55. The first kappa shape index (κ1) is 16.8. The van der Waals surface area contributed by atoms with Gasteiger partial charge in [0.2, 0.25) is 11.9 Å². The molecule has 0 radical (unpaired) electrons. The zero-order chi connectivity index (χ0) is 18.2. The van der Waals surface area contributed by atoms with Gasteiger partial charge in [-0.1, -0.05) is 6.42 Å². The Kier molecular flexibility index (Phi) is 4.08. The number of hydrogen-bond acceptors (Lipinski definition) is 7. The van der Waals surface area contributed by atoms with Crippen molar-refractivity contribution >= 4 is 23.6 Å². The second-order valence-electron chi connectivity index (χ2n) is 6.42. The molecular weight excluding hydrogens is 320 g/mol. The highest BCUT2D eigenvalue weighted by Gasteiger charge is 2.44. The van der Waals surface area contributed by atoms with Crippen LogP contribution in [0.25, 0.3) is 0 Å². The van der Waals surface area contributed by atoms with Gasteiger partial charge in [-0.2, -0.15) is 10.3 Å². The third kappa shape index (κ3) is 2.78. The van der Waals surface area contributed by atoms with Crippen LogP contribution < -0.4 is 16.4 Å². The van der Waals surface area contributed by atoms with Gasteiger partial charge in [0.15, 0.2) is 0 Å². The van der Waals surface area contributed by atoms with Gasteiger partial charge in [-0.15, -0.1) is 0 Å². The van der Waals surface area contributed by atoms with Crippen LogP contribution in [0, 0.1) is 18.3 Å². The summed E-state index contributed by atoms with van der Waals surface area (Å²) in [6, 6.07) is 5.00. The number of benzene rings is 1. The first-order valence-electron chi connectivity index (χ1n) is 8.16. The fourth-order valence-electron chi connectivity index (χ4n) is 3.75. The van der Waals surface area contributed by atoms with Crippen LogP contribution in [-0.4, -0.2) is 28.7 Å². The molecule has 3 rings (SSSR count). The van der Waals surface area contributed by atoms with Gasteiger partial charge < -0.3 is 16.6 Å². The highest BCUT2D eigenvalue weighted by atomic mass is 16.4. The minimum atomic E-state index is -1.13. The first-order valence-corrected chi connectivity index (χ1v) is 8.16. The number of rotatable bonds is 2. The summed E-state index contributed by atoms with van der Waals surface area (Å²) in [7, 11) is 0. The number of anilines is 1. The lowest BCUT2D eigenvalue weighted by molar-refractivity contribution is 0.0697. The number of hydrogen-bond donors (Lipinski definition) is 3. The summed E-state index contributed by atoms with van der Waals surface area (Å²) in [5.41, 5.74) is 12.6. The number of nitriles is 1. The zero-order valence-corrected chi connectivity index (χ0v) is 14.0. The Bertz CT molecular complexity index is 830. The quantitative estimate of drug-likeness (QED) is 0.748. The topological polar surface area (TPSA) is 141 Å². The molecule has 1 aromatic carbocycles. The molecule has 130 valence electrons. The van der Waals surface area contributed by atoms with E-state index in [0.717, 1.165) is 19.3 Å². The maximum atomic E-state index is 11.8. The van der Waals surface area contributed by atoms with E-state index in [4.69, 9.17) is 16.7 Å². The van der Waals surface area contributed by atoms with E-state index in [1.807, 2.05) is 6.07 Å². The Morgan fingerprint density at radius 2 is 2.00 bits per heavy atom. The Labute approximate surface area is 145 Å². The van der Waals surface area contributed by atoms with Gasteiger partial charge >= 0.3 is 5.97 Å². The number of nitrogens with two attached hydrogens (primary N) is 2. The van der Waals surface area contributed by atoms with E-state index in [0.29, 0.717) is 24.1 Å². The predicted octanol–water partition coefficient (Wildman–Crippen LogP) is 1.67. The molecule has 1 heterocycles. The Balaban J connectivity index is 2.25. The second-order valence-corrected chi connectivity index (χ2v) is 6.42. The van der Waals surface area contributed by atoms with E-state index in [1.165, 1.54) is 6.07 Å². The van der Waals surface area contributed by atoms with Crippen molar-refractivity contribution in [2.24, 2.45) is 21.5 Å². The lowest BCUT2D eigenvalue weighted by Gasteiger charge is -2.46. The second kappa shape index (κ2) is 6.09. The number of aromatic carboxylic acids is 1. The molecule has 1 spiro atoms. The third-order valence-corrected chi connectivity index (χ3v) is 4.74. The molecule has 0 aromatic heterocycles. The fourth-order valence-corrected chi connectivity index (χ4v) is 3.75. The number of carbonyl (C=O) groups is 1. The first-order chi connectivity index (χ1) is 11.9.